The maximum atomic E-state index is 13.2. The van der Waals surface area contributed by atoms with Gasteiger partial charge in [-0.15, -0.1) is 0 Å². The average Bonchev–Trinajstić information content (AvgIpc) is 3.29. The van der Waals surface area contributed by atoms with E-state index in [0.29, 0.717) is 17.1 Å². The van der Waals surface area contributed by atoms with Crippen LogP contribution in [0.15, 0.2) is 53.7 Å². The number of anilines is 1. The standard InChI is InChI=1S/C20H21F2N5O6S/c1-32-15-7-6-13(17(8-15)33-2)9-25-34(30,31)18-5-3-4-16(27(28)29)20(18)26-12-14(10-24-26)23-11-19(21)22/h3-8,10,12,19,23,25H,9,11H2,1-2H3. The summed E-state index contributed by atoms with van der Waals surface area (Å²) in [5, 5.41) is 18.0. The molecule has 0 aliphatic rings. The molecule has 0 atom stereocenters. The number of aromatic nitrogens is 2. The first-order chi connectivity index (χ1) is 16.2. The second-order valence-corrected chi connectivity index (χ2v) is 8.56. The molecule has 182 valence electrons. The number of rotatable bonds is 11. The Balaban J connectivity index is 1.98. The molecule has 0 aliphatic heterocycles. The van der Waals surface area contributed by atoms with Gasteiger partial charge in [0.25, 0.3) is 12.1 Å². The van der Waals surface area contributed by atoms with Crippen molar-refractivity contribution < 1.29 is 31.6 Å². The van der Waals surface area contributed by atoms with Gasteiger partial charge in [0, 0.05) is 24.2 Å². The molecular weight excluding hydrogens is 476 g/mol. The highest BCUT2D eigenvalue weighted by atomic mass is 32.2. The zero-order valence-electron chi connectivity index (χ0n) is 18.1. The van der Waals surface area contributed by atoms with Crippen LogP contribution in [0.3, 0.4) is 0 Å². The Labute approximate surface area is 193 Å². The molecular formula is C20H21F2N5O6S. The number of hydrogen-bond acceptors (Lipinski definition) is 8. The van der Waals surface area contributed by atoms with Crippen molar-refractivity contribution >= 4 is 21.4 Å². The molecule has 0 saturated heterocycles. The maximum Gasteiger partial charge on any atom is 0.296 e. The number of para-hydroxylation sites is 1. The predicted molar refractivity (Wildman–Crippen MR) is 118 cm³/mol. The molecule has 3 aromatic rings. The van der Waals surface area contributed by atoms with Crippen LogP contribution in [0.4, 0.5) is 20.2 Å². The van der Waals surface area contributed by atoms with Crippen molar-refractivity contribution in [2.45, 2.75) is 17.9 Å². The summed E-state index contributed by atoms with van der Waals surface area (Å²) in [6.45, 7) is -0.850. The third-order valence-corrected chi connectivity index (χ3v) is 6.12. The minimum absolute atomic E-state index is 0.137. The number of nitro groups is 1. The Morgan fingerprint density at radius 1 is 1.21 bits per heavy atom. The molecule has 14 heteroatoms. The lowest BCUT2D eigenvalue weighted by Gasteiger charge is -2.14. The molecule has 2 N–H and O–H groups in total. The van der Waals surface area contributed by atoms with E-state index >= 15 is 0 Å². The number of halogens is 2. The van der Waals surface area contributed by atoms with Crippen molar-refractivity contribution in [1.82, 2.24) is 14.5 Å². The largest absolute Gasteiger partial charge is 0.497 e. The topological polar surface area (TPSA) is 138 Å². The first-order valence-corrected chi connectivity index (χ1v) is 11.2. The molecule has 11 nitrogen and oxygen atoms in total. The van der Waals surface area contributed by atoms with Crippen molar-refractivity contribution in [2.75, 3.05) is 26.1 Å². The lowest BCUT2D eigenvalue weighted by atomic mass is 10.2. The van der Waals surface area contributed by atoms with Gasteiger partial charge in [0.1, 0.15) is 16.4 Å². The molecule has 2 aromatic carbocycles. The normalized spacial score (nSPS) is 11.4. The molecule has 0 fully saturated rings. The summed E-state index contributed by atoms with van der Waals surface area (Å²) in [5.74, 6) is 0.891. The van der Waals surface area contributed by atoms with E-state index in [-0.39, 0.29) is 17.9 Å². The van der Waals surface area contributed by atoms with Crippen LogP contribution in [0.5, 0.6) is 11.5 Å². The number of methoxy groups -OCH3 is 2. The predicted octanol–water partition coefficient (Wildman–Crippen LogP) is 2.95. The van der Waals surface area contributed by atoms with Gasteiger partial charge < -0.3 is 14.8 Å². The Hall–Kier alpha value is -3.78. The highest BCUT2D eigenvalue weighted by molar-refractivity contribution is 7.89. The van der Waals surface area contributed by atoms with E-state index in [1.807, 2.05) is 0 Å². The first-order valence-electron chi connectivity index (χ1n) is 9.71. The average molecular weight is 497 g/mol. The summed E-state index contributed by atoms with van der Waals surface area (Å²) in [4.78, 5) is 10.5. The summed E-state index contributed by atoms with van der Waals surface area (Å²) in [5.41, 5.74) is -0.241. The Morgan fingerprint density at radius 2 is 1.97 bits per heavy atom. The van der Waals surface area contributed by atoms with E-state index < -0.39 is 38.5 Å². The van der Waals surface area contributed by atoms with Gasteiger partial charge in [0.05, 0.1) is 43.8 Å². The number of sulfonamides is 1. The zero-order chi connectivity index (χ0) is 24.9. The maximum absolute atomic E-state index is 13.2. The molecule has 0 spiro atoms. The number of benzene rings is 2. The number of alkyl halides is 2. The molecule has 1 aromatic heterocycles. The van der Waals surface area contributed by atoms with Gasteiger partial charge in [-0.05, 0) is 12.1 Å². The van der Waals surface area contributed by atoms with Gasteiger partial charge in [0.2, 0.25) is 10.0 Å². The molecule has 0 unspecified atom stereocenters. The zero-order valence-corrected chi connectivity index (χ0v) is 18.9. The summed E-state index contributed by atoms with van der Waals surface area (Å²) < 4.78 is 65.0. The summed E-state index contributed by atoms with van der Waals surface area (Å²) in [6, 6.07) is 8.36. The second kappa shape index (κ2) is 10.4. The van der Waals surface area contributed by atoms with E-state index in [2.05, 4.69) is 15.1 Å². The fourth-order valence-corrected chi connectivity index (χ4v) is 4.30. The number of ether oxygens (including phenoxy) is 2. The van der Waals surface area contributed by atoms with Crippen LogP contribution < -0.4 is 19.5 Å². The van der Waals surface area contributed by atoms with Crippen molar-refractivity contribution in [2.24, 2.45) is 0 Å². The van der Waals surface area contributed by atoms with Crippen LogP contribution in [-0.2, 0) is 16.6 Å². The number of nitrogens with zero attached hydrogens (tertiary/aromatic N) is 3. The molecule has 1 heterocycles. The lowest BCUT2D eigenvalue weighted by molar-refractivity contribution is -0.384. The molecule has 0 bridgehead atoms. The van der Waals surface area contributed by atoms with Gasteiger partial charge >= 0.3 is 0 Å². The Morgan fingerprint density at radius 3 is 2.62 bits per heavy atom. The fourth-order valence-electron chi connectivity index (χ4n) is 3.08. The summed E-state index contributed by atoms with van der Waals surface area (Å²) in [6.07, 6.45) is -0.286. The minimum atomic E-state index is -4.29. The molecule has 0 radical (unpaired) electrons. The quantitative estimate of drug-likeness (QED) is 0.305. The fraction of sp³-hybridized carbons (Fsp3) is 0.250. The Kier molecular flexibility index (Phi) is 7.63. The monoisotopic (exact) mass is 497 g/mol. The number of nitrogens with one attached hydrogen (secondary N) is 2. The van der Waals surface area contributed by atoms with Crippen molar-refractivity contribution in [3.05, 3.63) is 64.5 Å². The highest BCUT2D eigenvalue weighted by Crippen LogP contribution is 2.31. The third-order valence-electron chi connectivity index (χ3n) is 4.68. The highest BCUT2D eigenvalue weighted by Gasteiger charge is 2.28. The van der Waals surface area contributed by atoms with E-state index in [1.165, 1.54) is 32.5 Å². The molecule has 0 saturated carbocycles. The molecule has 0 aliphatic carbocycles. The van der Waals surface area contributed by atoms with Crippen LogP contribution in [0, 0.1) is 10.1 Å². The third kappa shape index (κ3) is 5.58. The van der Waals surface area contributed by atoms with Crippen molar-refractivity contribution in [1.29, 1.82) is 0 Å². The number of nitro benzene ring substituents is 1. The molecule has 34 heavy (non-hydrogen) atoms. The summed E-state index contributed by atoms with van der Waals surface area (Å²) >= 11 is 0. The van der Waals surface area contributed by atoms with Crippen LogP contribution >= 0.6 is 0 Å². The van der Waals surface area contributed by atoms with Crippen LogP contribution in [0.2, 0.25) is 0 Å². The van der Waals surface area contributed by atoms with Gasteiger partial charge in [-0.3, -0.25) is 10.1 Å². The van der Waals surface area contributed by atoms with E-state index in [9.17, 15) is 27.3 Å². The van der Waals surface area contributed by atoms with E-state index in [0.717, 1.165) is 16.9 Å². The second-order valence-electron chi connectivity index (χ2n) is 6.83. The van der Waals surface area contributed by atoms with Gasteiger partial charge in [0.15, 0.2) is 5.69 Å². The van der Waals surface area contributed by atoms with E-state index in [1.54, 1.807) is 18.2 Å². The smallest absolute Gasteiger partial charge is 0.296 e. The van der Waals surface area contributed by atoms with Crippen LogP contribution in [0.1, 0.15) is 5.56 Å². The number of hydrogen-bond donors (Lipinski definition) is 2. The van der Waals surface area contributed by atoms with Gasteiger partial charge in [-0.2, -0.15) is 5.10 Å². The van der Waals surface area contributed by atoms with Crippen LogP contribution in [0.25, 0.3) is 5.69 Å². The Bertz CT molecular complexity index is 1280. The SMILES string of the molecule is COc1ccc(CNS(=O)(=O)c2cccc([N+](=O)[O-])c2-n2cc(NCC(F)F)cn2)c(OC)c1. The lowest BCUT2D eigenvalue weighted by Crippen LogP contribution is -2.25. The molecule has 3 rings (SSSR count). The van der Waals surface area contributed by atoms with Gasteiger partial charge in [-0.1, -0.05) is 12.1 Å². The van der Waals surface area contributed by atoms with Gasteiger partial charge in [-0.25, -0.2) is 26.6 Å². The van der Waals surface area contributed by atoms with E-state index in [4.69, 9.17) is 9.47 Å². The van der Waals surface area contributed by atoms with Crippen LogP contribution in [-0.4, -0.2) is 50.3 Å². The van der Waals surface area contributed by atoms with Crippen molar-refractivity contribution in [3.8, 4) is 17.2 Å². The molecule has 0 amide bonds. The van der Waals surface area contributed by atoms with Crippen molar-refractivity contribution in [3.63, 3.8) is 0 Å². The first kappa shape index (κ1) is 24.9. The minimum Gasteiger partial charge on any atom is -0.497 e. The summed E-state index contributed by atoms with van der Waals surface area (Å²) in [7, 11) is -1.40.